The van der Waals surface area contributed by atoms with Crippen molar-refractivity contribution in [1.29, 1.82) is 5.26 Å². The first kappa shape index (κ1) is 15.0. The van der Waals surface area contributed by atoms with E-state index in [1.807, 2.05) is 6.92 Å². The Kier molecular flexibility index (Phi) is 5.17. The van der Waals surface area contributed by atoms with Crippen molar-refractivity contribution < 1.29 is 0 Å². The number of benzene rings is 1. The third-order valence-corrected chi connectivity index (χ3v) is 4.07. The van der Waals surface area contributed by atoms with Gasteiger partial charge in [-0.15, -0.1) is 0 Å². The summed E-state index contributed by atoms with van der Waals surface area (Å²) in [5.74, 6) is 0. The highest BCUT2D eigenvalue weighted by molar-refractivity contribution is 5.30. The molecule has 0 amide bonds. The number of nitrogens with zero attached hydrogens (tertiary/aromatic N) is 2. The molecule has 2 rings (SSSR count). The van der Waals surface area contributed by atoms with Crippen LogP contribution in [0, 0.1) is 11.3 Å². The molecule has 0 aromatic heterocycles. The Morgan fingerprint density at radius 2 is 1.95 bits per heavy atom. The lowest BCUT2D eigenvalue weighted by atomic mass is 9.97. The molecule has 1 aromatic carbocycles. The molecule has 1 aliphatic rings. The van der Waals surface area contributed by atoms with Crippen molar-refractivity contribution in [2.45, 2.75) is 51.7 Å². The zero-order chi connectivity index (χ0) is 14.4. The predicted octanol–water partition coefficient (Wildman–Crippen LogP) is 3.06. The molecule has 3 heteroatoms. The SMILES string of the molecule is CCCNC(C)(C#N)CCCN1Cc2ccccc2C1. The topological polar surface area (TPSA) is 39.1 Å². The summed E-state index contributed by atoms with van der Waals surface area (Å²) in [5.41, 5.74) is 2.54. The van der Waals surface area contributed by atoms with Gasteiger partial charge >= 0.3 is 0 Å². The van der Waals surface area contributed by atoms with E-state index in [2.05, 4.69) is 47.5 Å². The molecule has 0 fully saturated rings. The van der Waals surface area contributed by atoms with Crippen LogP contribution in [0.15, 0.2) is 24.3 Å². The number of nitrogens with one attached hydrogen (secondary N) is 1. The van der Waals surface area contributed by atoms with Crippen LogP contribution in [-0.2, 0) is 13.1 Å². The molecule has 3 nitrogen and oxygen atoms in total. The van der Waals surface area contributed by atoms with Crippen LogP contribution in [0.5, 0.6) is 0 Å². The molecule has 1 aromatic rings. The Labute approximate surface area is 122 Å². The van der Waals surface area contributed by atoms with E-state index < -0.39 is 0 Å². The van der Waals surface area contributed by atoms with Gasteiger partial charge in [0.05, 0.1) is 6.07 Å². The minimum absolute atomic E-state index is 0.372. The van der Waals surface area contributed by atoms with Gasteiger partial charge in [0.2, 0.25) is 0 Å². The number of hydrogen-bond acceptors (Lipinski definition) is 3. The van der Waals surface area contributed by atoms with E-state index >= 15 is 0 Å². The van der Waals surface area contributed by atoms with E-state index in [9.17, 15) is 5.26 Å². The number of rotatable bonds is 7. The minimum atomic E-state index is -0.372. The highest BCUT2D eigenvalue weighted by Gasteiger charge is 2.23. The first-order chi connectivity index (χ1) is 9.67. The Balaban J connectivity index is 1.76. The summed E-state index contributed by atoms with van der Waals surface area (Å²) in [4.78, 5) is 2.47. The van der Waals surface area contributed by atoms with Gasteiger partial charge in [-0.25, -0.2) is 0 Å². The van der Waals surface area contributed by atoms with E-state index in [1.165, 1.54) is 11.1 Å². The molecule has 0 radical (unpaired) electrons. The van der Waals surface area contributed by atoms with Crippen LogP contribution >= 0.6 is 0 Å². The maximum atomic E-state index is 9.32. The van der Waals surface area contributed by atoms with Crippen molar-refractivity contribution in [2.75, 3.05) is 13.1 Å². The zero-order valence-electron chi connectivity index (χ0n) is 12.7. The third-order valence-electron chi connectivity index (χ3n) is 4.07. The van der Waals surface area contributed by atoms with Crippen LogP contribution in [-0.4, -0.2) is 23.5 Å². The lowest BCUT2D eigenvalue weighted by Crippen LogP contribution is -2.41. The van der Waals surface area contributed by atoms with Crippen LogP contribution in [0.1, 0.15) is 44.2 Å². The van der Waals surface area contributed by atoms with Gasteiger partial charge in [0, 0.05) is 13.1 Å². The highest BCUT2D eigenvalue weighted by Crippen LogP contribution is 2.23. The smallest absolute Gasteiger partial charge is 0.103 e. The van der Waals surface area contributed by atoms with Gasteiger partial charge in [-0.2, -0.15) is 5.26 Å². The quantitative estimate of drug-likeness (QED) is 0.828. The lowest BCUT2D eigenvalue weighted by molar-refractivity contribution is 0.264. The second kappa shape index (κ2) is 6.88. The molecular formula is C17H25N3. The summed E-state index contributed by atoms with van der Waals surface area (Å²) < 4.78 is 0. The van der Waals surface area contributed by atoms with Gasteiger partial charge in [0.1, 0.15) is 5.54 Å². The Morgan fingerprint density at radius 1 is 1.30 bits per heavy atom. The van der Waals surface area contributed by atoms with Crippen molar-refractivity contribution in [3.05, 3.63) is 35.4 Å². The van der Waals surface area contributed by atoms with Gasteiger partial charge in [-0.05, 0) is 50.4 Å². The fraction of sp³-hybridized carbons (Fsp3) is 0.588. The molecule has 1 N–H and O–H groups in total. The summed E-state index contributed by atoms with van der Waals surface area (Å²) in [5, 5.41) is 12.7. The van der Waals surface area contributed by atoms with Crippen LogP contribution in [0.4, 0.5) is 0 Å². The summed E-state index contributed by atoms with van der Waals surface area (Å²) in [6.45, 7) is 8.25. The van der Waals surface area contributed by atoms with Gasteiger partial charge < -0.3 is 0 Å². The molecule has 0 spiro atoms. The maximum absolute atomic E-state index is 9.32. The van der Waals surface area contributed by atoms with Crippen molar-refractivity contribution >= 4 is 0 Å². The molecule has 1 atom stereocenters. The van der Waals surface area contributed by atoms with Crippen molar-refractivity contribution in [3.63, 3.8) is 0 Å². The summed E-state index contributed by atoms with van der Waals surface area (Å²) >= 11 is 0. The fourth-order valence-corrected chi connectivity index (χ4v) is 2.80. The van der Waals surface area contributed by atoms with Crippen molar-refractivity contribution in [3.8, 4) is 6.07 Å². The van der Waals surface area contributed by atoms with Gasteiger partial charge in [0.15, 0.2) is 0 Å². The zero-order valence-corrected chi connectivity index (χ0v) is 12.7. The molecule has 20 heavy (non-hydrogen) atoms. The average molecular weight is 271 g/mol. The van der Waals surface area contributed by atoms with Gasteiger partial charge in [-0.3, -0.25) is 10.2 Å². The van der Waals surface area contributed by atoms with Gasteiger partial charge in [0.25, 0.3) is 0 Å². The van der Waals surface area contributed by atoms with Crippen LogP contribution in [0.25, 0.3) is 0 Å². The predicted molar refractivity (Wildman–Crippen MR) is 82.1 cm³/mol. The Hall–Kier alpha value is -1.37. The van der Waals surface area contributed by atoms with Crippen LogP contribution in [0.2, 0.25) is 0 Å². The molecular weight excluding hydrogens is 246 g/mol. The lowest BCUT2D eigenvalue weighted by Gasteiger charge is -2.24. The number of fused-ring (bicyclic) bond motifs is 1. The normalized spacial score (nSPS) is 17.4. The first-order valence-corrected chi connectivity index (χ1v) is 7.62. The monoisotopic (exact) mass is 271 g/mol. The molecule has 1 aliphatic heterocycles. The summed E-state index contributed by atoms with van der Waals surface area (Å²) in [7, 11) is 0. The average Bonchev–Trinajstić information content (AvgIpc) is 2.87. The molecule has 108 valence electrons. The van der Waals surface area contributed by atoms with Crippen LogP contribution < -0.4 is 5.32 Å². The first-order valence-electron chi connectivity index (χ1n) is 7.62. The largest absolute Gasteiger partial charge is 0.300 e. The highest BCUT2D eigenvalue weighted by atomic mass is 15.1. The van der Waals surface area contributed by atoms with E-state index in [1.54, 1.807) is 0 Å². The summed E-state index contributed by atoms with van der Waals surface area (Å²) in [6, 6.07) is 11.1. The molecule has 0 saturated carbocycles. The molecule has 1 heterocycles. The van der Waals surface area contributed by atoms with E-state index in [-0.39, 0.29) is 5.54 Å². The minimum Gasteiger partial charge on any atom is -0.300 e. The Bertz CT molecular complexity index is 452. The molecule has 0 saturated heterocycles. The van der Waals surface area contributed by atoms with E-state index in [0.717, 1.165) is 45.4 Å². The summed E-state index contributed by atoms with van der Waals surface area (Å²) in [6.07, 6.45) is 3.05. The van der Waals surface area contributed by atoms with Crippen molar-refractivity contribution in [2.24, 2.45) is 0 Å². The standard InChI is InChI=1S/C17H25N3/c1-3-10-19-17(2,14-18)9-6-11-20-12-15-7-4-5-8-16(15)13-20/h4-5,7-8,19H,3,6,9-13H2,1-2H3. The second-order valence-corrected chi connectivity index (χ2v) is 5.95. The second-order valence-electron chi connectivity index (χ2n) is 5.95. The fourth-order valence-electron chi connectivity index (χ4n) is 2.80. The third kappa shape index (κ3) is 3.82. The van der Waals surface area contributed by atoms with Crippen molar-refractivity contribution in [1.82, 2.24) is 10.2 Å². The Morgan fingerprint density at radius 3 is 2.50 bits per heavy atom. The molecule has 1 unspecified atom stereocenters. The molecule has 0 aliphatic carbocycles. The van der Waals surface area contributed by atoms with E-state index in [4.69, 9.17) is 0 Å². The number of nitriles is 1. The van der Waals surface area contributed by atoms with Crippen LogP contribution in [0.3, 0.4) is 0 Å². The molecule has 0 bridgehead atoms. The number of hydrogen-bond donors (Lipinski definition) is 1. The van der Waals surface area contributed by atoms with Gasteiger partial charge in [-0.1, -0.05) is 31.2 Å². The van der Waals surface area contributed by atoms with E-state index in [0.29, 0.717) is 0 Å². The maximum Gasteiger partial charge on any atom is 0.103 e.